The van der Waals surface area contributed by atoms with Crippen LogP contribution in [0.1, 0.15) is 39.0 Å². The van der Waals surface area contributed by atoms with Crippen LogP contribution in [0.2, 0.25) is 0 Å². The van der Waals surface area contributed by atoms with Crippen molar-refractivity contribution in [2.75, 3.05) is 11.9 Å². The monoisotopic (exact) mass is 285 g/mol. The van der Waals surface area contributed by atoms with Gasteiger partial charge < -0.3 is 10.1 Å². The molecule has 0 aliphatic carbocycles. The number of nitrogens with one attached hydrogen (secondary N) is 1. The summed E-state index contributed by atoms with van der Waals surface area (Å²) in [6, 6.07) is 9.92. The van der Waals surface area contributed by atoms with Crippen LogP contribution in [0.5, 0.6) is 11.6 Å². The van der Waals surface area contributed by atoms with E-state index in [1.807, 2.05) is 38.1 Å². The molecule has 0 saturated carbocycles. The fourth-order valence-corrected chi connectivity index (χ4v) is 2.12. The van der Waals surface area contributed by atoms with Gasteiger partial charge in [0.2, 0.25) is 11.8 Å². The van der Waals surface area contributed by atoms with Crippen LogP contribution in [-0.4, -0.2) is 16.5 Å². The molecule has 0 saturated heterocycles. The standard InChI is InChI=1S/C17H23N3O/c1-6-18-16-19-12(2)11-15(20-16)21-14-10-8-7-9-13(14)17(3,4)5/h7-11H,6H2,1-5H3,(H,18,19,20). The summed E-state index contributed by atoms with van der Waals surface area (Å²) in [5.74, 6) is 2.00. The molecule has 1 aromatic heterocycles. The Bertz CT molecular complexity index is 618. The Kier molecular flexibility index (Phi) is 4.46. The predicted octanol–water partition coefficient (Wildman–Crippen LogP) is 4.31. The Labute approximate surface area is 126 Å². The third-order valence-electron chi connectivity index (χ3n) is 3.08. The highest BCUT2D eigenvalue weighted by atomic mass is 16.5. The van der Waals surface area contributed by atoms with Crippen LogP contribution < -0.4 is 10.1 Å². The number of para-hydroxylation sites is 1. The van der Waals surface area contributed by atoms with Gasteiger partial charge in [0.05, 0.1) is 0 Å². The smallest absolute Gasteiger partial charge is 0.226 e. The van der Waals surface area contributed by atoms with E-state index in [2.05, 4.69) is 42.1 Å². The third-order valence-corrected chi connectivity index (χ3v) is 3.08. The molecular weight excluding hydrogens is 262 g/mol. The Balaban J connectivity index is 2.35. The number of hydrogen-bond donors (Lipinski definition) is 1. The lowest BCUT2D eigenvalue weighted by molar-refractivity contribution is 0.439. The normalized spacial score (nSPS) is 11.3. The van der Waals surface area contributed by atoms with Crippen molar-refractivity contribution in [2.24, 2.45) is 0 Å². The summed E-state index contributed by atoms with van der Waals surface area (Å²) in [6.07, 6.45) is 0. The zero-order valence-electron chi connectivity index (χ0n) is 13.4. The predicted molar refractivity (Wildman–Crippen MR) is 86.1 cm³/mol. The highest BCUT2D eigenvalue weighted by Gasteiger charge is 2.19. The summed E-state index contributed by atoms with van der Waals surface area (Å²) in [5, 5.41) is 3.12. The number of anilines is 1. The van der Waals surface area contributed by atoms with Crippen molar-refractivity contribution in [2.45, 2.75) is 40.0 Å². The molecule has 0 aliphatic heterocycles. The summed E-state index contributed by atoms with van der Waals surface area (Å²) in [5.41, 5.74) is 2.05. The maximum absolute atomic E-state index is 6.01. The molecule has 1 aromatic carbocycles. The van der Waals surface area contributed by atoms with Gasteiger partial charge in [-0.25, -0.2) is 4.98 Å². The molecule has 0 bridgehead atoms. The molecule has 21 heavy (non-hydrogen) atoms. The van der Waals surface area contributed by atoms with Crippen LogP contribution in [0.4, 0.5) is 5.95 Å². The van der Waals surface area contributed by atoms with Gasteiger partial charge in [0, 0.05) is 23.9 Å². The molecule has 0 radical (unpaired) electrons. The first kappa shape index (κ1) is 15.3. The number of ether oxygens (including phenoxy) is 1. The molecule has 2 aromatic rings. The summed E-state index contributed by atoms with van der Waals surface area (Å²) in [6.45, 7) is 11.2. The van der Waals surface area contributed by atoms with Crippen LogP contribution >= 0.6 is 0 Å². The maximum atomic E-state index is 6.01. The van der Waals surface area contributed by atoms with Crippen molar-refractivity contribution >= 4 is 5.95 Å². The molecule has 0 aliphatic rings. The van der Waals surface area contributed by atoms with Crippen molar-refractivity contribution < 1.29 is 4.74 Å². The van der Waals surface area contributed by atoms with E-state index in [0.717, 1.165) is 23.6 Å². The lowest BCUT2D eigenvalue weighted by Gasteiger charge is -2.22. The number of aromatic nitrogens is 2. The van der Waals surface area contributed by atoms with Gasteiger partial charge in [0.25, 0.3) is 0 Å². The molecule has 112 valence electrons. The number of rotatable bonds is 4. The maximum Gasteiger partial charge on any atom is 0.226 e. The quantitative estimate of drug-likeness (QED) is 0.909. The first-order chi connectivity index (χ1) is 9.90. The fourth-order valence-electron chi connectivity index (χ4n) is 2.12. The number of aryl methyl sites for hydroxylation is 1. The highest BCUT2D eigenvalue weighted by Crippen LogP contribution is 2.33. The van der Waals surface area contributed by atoms with Gasteiger partial charge in [-0.15, -0.1) is 0 Å². The lowest BCUT2D eigenvalue weighted by atomic mass is 9.86. The summed E-state index contributed by atoms with van der Waals surface area (Å²) < 4.78 is 6.01. The third kappa shape index (κ3) is 3.94. The number of nitrogens with zero attached hydrogens (tertiary/aromatic N) is 2. The first-order valence-corrected chi connectivity index (χ1v) is 7.27. The Morgan fingerprint density at radius 2 is 1.86 bits per heavy atom. The van der Waals surface area contributed by atoms with Crippen LogP contribution in [0.15, 0.2) is 30.3 Å². The largest absolute Gasteiger partial charge is 0.439 e. The molecule has 0 fully saturated rings. The van der Waals surface area contributed by atoms with Crippen molar-refractivity contribution in [1.29, 1.82) is 0 Å². The molecule has 0 amide bonds. The van der Waals surface area contributed by atoms with E-state index in [-0.39, 0.29) is 5.41 Å². The van der Waals surface area contributed by atoms with Gasteiger partial charge in [0.15, 0.2) is 0 Å². The second-order valence-electron chi connectivity index (χ2n) is 6.05. The van der Waals surface area contributed by atoms with Crippen LogP contribution in [0, 0.1) is 6.92 Å². The van der Waals surface area contributed by atoms with Crippen LogP contribution in [0.25, 0.3) is 0 Å². The van der Waals surface area contributed by atoms with E-state index < -0.39 is 0 Å². The molecule has 4 nitrogen and oxygen atoms in total. The summed E-state index contributed by atoms with van der Waals surface area (Å²) in [7, 11) is 0. The molecule has 1 heterocycles. The minimum absolute atomic E-state index is 0.0170. The van der Waals surface area contributed by atoms with Gasteiger partial charge in [0.1, 0.15) is 5.75 Å². The zero-order valence-corrected chi connectivity index (χ0v) is 13.4. The second-order valence-corrected chi connectivity index (χ2v) is 6.05. The first-order valence-electron chi connectivity index (χ1n) is 7.27. The zero-order chi connectivity index (χ0) is 15.5. The molecule has 0 spiro atoms. The minimum atomic E-state index is 0.0170. The highest BCUT2D eigenvalue weighted by molar-refractivity contribution is 5.41. The van der Waals surface area contributed by atoms with Crippen LogP contribution in [-0.2, 0) is 5.41 Å². The van der Waals surface area contributed by atoms with Crippen molar-refractivity contribution in [3.63, 3.8) is 0 Å². The minimum Gasteiger partial charge on any atom is -0.439 e. The average Bonchev–Trinajstić information content (AvgIpc) is 2.37. The Hall–Kier alpha value is -2.10. The molecular formula is C17H23N3O. The fraction of sp³-hybridized carbons (Fsp3) is 0.412. The lowest BCUT2D eigenvalue weighted by Crippen LogP contribution is -2.12. The molecule has 0 unspecified atom stereocenters. The Morgan fingerprint density at radius 3 is 2.52 bits per heavy atom. The van der Waals surface area contributed by atoms with Gasteiger partial charge in [-0.3, -0.25) is 0 Å². The molecule has 0 atom stereocenters. The van der Waals surface area contributed by atoms with Gasteiger partial charge >= 0.3 is 0 Å². The van der Waals surface area contributed by atoms with E-state index >= 15 is 0 Å². The van der Waals surface area contributed by atoms with Crippen LogP contribution in [0.3, 0.4) is 0 Å². The number of hydrogen-bond acceptors (Lipinski definition) is 4. The van der Waals surface area contributed by atoms with Gasteiger partial charge in [-0.05, 0) is 25.3 Å². The molecule has 2 rings (SSSR count). The molecule has 1 N–H and O–H groups in total. The van der Waals surface area contributed by atoms with E-state index in [1.165, 1.54) is 0 Å². The Morgan fingerprint density at radius 1 is 1.14 bits per heavy atom. The number of benzene rings is 1. The van der Waals surface area contributed by atoms with E-state index in [9.17, 15) is 0 Å². The SMILES string of the molecule is CCNc1nc(C)cc(Oc2ccccc2C(C)(C)C)n1. The molecule has 4 heteroatoms. The van der Waals surface area contributed by atoms with E-state index in [0.29, 0.717) is 11.8 Å². The van der Waals surface area contributed by atoms with E-state index in [1.54, 1.807) is 0 Å². The van der Waals surface area contributed by atoms with Crippen molar-refractivity contribution in [3.8, 4) is 11.6 Å². The summed E-state index contributed by atoms with van der Waals surface area (Å²) in [4.78, 5) is 8.73. The second kappa shape index (κ2) is 6.12. The average molecular weight is 285 g/mol. The van der Waals surface area contributed by atoms with E-state index in [4.69, 9.17) is 4.74 Å². The van der Waals surface area contributed by atoms with Gasteiger partial charge in [-0.2, -0.15) is 4.98 Å². The van der Waals surface area contributed by atoms with Crippen molar-refractivity contribution in [1.82, 2.24) is 9.97 Å². The van der Waals surface area contributed by atoms with Crippen molar-refractivity contribution in [3.05, 3.63) is 41.6 Å². The topological polar surface area (TPSA) is 47.0 Å². The summed E-state index contributed by atoms with van der Waals surface area (Å²) >= 11 is 0. The van der Waals surface area contributed by atoms with Gasteiger partial charge in [-0.1, -0.05) is 39.0 Å².